The Hall–Kier alpha value is -1.79. The quantitative estimate of drug-likeness (QED) is 0.545. The molecule has 19 heavy (non-hydrogen) atoms. The third kappa shape index (κ3) is 2.97. The topological polar surface area (TPSA) is 107 Å². The highest BCUT2D eigenvalue weighted by Gasteiger charge is 2.32. The molecule has 0 bridgehead atoms. The smallest absolute Gasteiger partial charge is 0.239 e. The summed E-state index contributed by atoms with van der Waals surface area (Å²) in [6.45, 7) is 1.18. The summed E-state index contributed by atoms with van der Waals surface area (Å²) in [5.74, 6) is -0.412. The molecule has 6 nitrogen and oxygen atoms in total. The molecule has 1 atom stereocenters. The number of likely N-dealkylation sites (tertiary alicyclic amines) is 1. The van der Waals surface area contributed by atoms with Crippen LogP contribution in [0.1, 0.15) is 5.56 Å². The minimum atomic E-state index is -0.677. The van der Waals surface area contributed by atoms with Crippen LogP contribution < -0.4 is 5.73 Å². The second-order valence-corrected chi connectivity index (χ2v) is 4.93. The highest BCUT2D eigenvalue weighted by Crippen LogP contribution is 2.25. The maximum atomic E-state index is 12.0. The normalized spacial score (nSPS) is 17.1. The SMILES string of the molecule is N[C@@H](Cc1ccc(O)c(O)c1)C(=O)N1CC(CO)C1. The summed E-state index contributed by atoms with van der Waals surface area (Å²) < 4.78 is 0. The average Bonchev–Trinajstić information content (AvgIpc) is 2.32. The van der Waals surface area contributed by atoms with E-state index in [0.29, 0.717) is 25.1 Å². The first-order valence-electron chi connectivity index (χ1n) is 6.17. The first kappa shape index (κ1) is 13.6. The van der Waals surface area contributed by atoms with Crippen LogP contribution in [0.15, 0.2) is 18.2 Å². The van der Waals surface area contributed by atoms with E-state index in [1.54, 1.807) is 11.0 Å². The molecule has 1 fully saturated rings. The van der Waals surface area contributed by atoms with Gasteiger partial charge in [0, 0.05) is 25.6 Å². The Morgan fingerprint density at radius 1 is 1.37 bits per heavy atom. The van der Waals surface area contributed by atoms with E-state index in [0.717, 1.165) is 0 Å². The lowest BCUT2D eigenvalue weighted by Gasteiger charge is -2.39. The summed E-state index contributed by atoms with van der Waals surface area (Å²) >= 11 is 0. The monoisotopic (exact) mass is 266 g/mol. The van der Waals surface area contributed by atoms with E-state index in [2.05, 4.69) is 0 Å². The van der Waals surface area contributed by atoms with Crippen LogP contribution in [0.5, 0.6) is 11.5 Å². The molecule has 1 aliphatic heterocycles. The number of rotatable bonds is 4. The highest BCUT2D eigenvalue weighted by atomic mass is 16.3. The van der Waals surface area contributed by atoms with Gasteiger partial charge in [-0.3, -0.25) is 4.79 Å². The zero-order chi connectivity index (χ0) is 14.0. The third-order valence-corrected chi connectivity index (χ3v) is 3.34. The van der Waals surface area contributed by atoms with Gasteiger partial charge in [0.15, 0.2) is 11.5 Å². The number of amides is 1. The van der Waals surface area contributed by atoms with Gasteiger partial charge in [-0.05, 0) is 24.1 Å². The maximum absolute atomic E-state index is 12.0. The molecule has 5 N–H and O–H groups in total. The number of hydrogen-bond donors (Lipinski definition) is 4. The molecule has 1 heterocycles. The summed E-state index contributed by atoms with van der Waals surface area (Å²) in [6, 6.07) is 3.71. The Bertz CT molecular complexity index is 472. The van der Waals surface area contributed by atoms with E-state index in [1.807, 2.05) is 0 Å². The van der Waals surface area contributed by atoms with Crippen LogP contribution in [0, 0.1) is 5.92 Å². The van der Waals surface area contributed by atoms with Crippen molar-refractivity contribution in [3.8, 4) is 11.5 Å². The lowest BCUT2D eigenvalue weighted by molar-refractivity contribution is -0.139. The van der Waals surface area contributed by atoms with Gasteiger partial charge in [0.2, 0.25) is 5.91 Å². The molecule has 0 radical (unpaired) electrons. The van der Waals surface area contributed by atoms with Gasteiger partial charge >= 0.3 is 0 Å². The van der Waals surface area contributed by atoms with E-state index in [4.69, 9.17) is 10.8 Å². The standard InChI is InChI=1S/C13H18N2O4/c14-10(13(19)15-5-9(6-15)7-16)3-8-1-2-11(17)12(18)4-8/h1-2,4,9-10,16-18H,3,5-7,14H2/t10-/m0/s1. The van der Waals surface area contributed by atoms with Gasteiger partial charge in [0.05, 0.1) is 6.04 Å². The molecule has 1 aromatic rings. The number of benzene rings is 1. The van der Waals surface area contributed by atoms with Crippen molar-refractivity contribution in [2.45, 2.75) is 12.5 Å². The predicted molar refractivity (Wildman–Crippen MR) is 68.6 cm³/mol. The van der Waals surface area contributed by atoms with Gasteiger partial charge in [0.1, 0.15) is 0 Å². The average molecular weight is 266 g/mol. The molecular weight excluding hydrogens is 248 g/mol. The summed E-state index contributed by atoms with van der Waals surface area (Å²) in [5, 5.41) is 27.5. The minimum absolute atomic E-state index is 0.0881. The molecule has 0 unspecified atom stereocenters. The molecule has 0 aromatic heterocycles. The lowest BCUT2D eigenvalue weighted by atomic mass is 9.98. The minimum Gasteiger partial charge on any atom is -0.504 e. The summed E-state index contributed by atoms with van der Waals surface area (Å²) in [7, 11) is 0. The van der Waals surface area contributed by atoms with Crippen molar-refractivity contribution in [2.24, 2.45) is 11.7 Å². The number of phenolic OH excluding ortho intramolecular Hbond substituents is 2. The largest absolute Gasteiger partial charge is 0.504 e. The molecule has 1 aliphatic rings. The zero-order valence-electron chi connectivity index (χ0n) is 10.5. The van der Waals surface area contributed by atoms with E-state index in [9.17, 15) is 15.0 Å². The number of carbonyl (C=O) groups is 1. The summed E-state index contributed by atoms with van der Waals surface area (Å²) in [6.07, 6.45) is 0.299. The number of phenols is 2. The van der Waals surface area contributed by atoms with Crippen LogP contribution in [-0.4, -0.2) is 51.9 Å². The zero-order valence-corrected chi connectivity index (χ0v) is 10.5. The molecule has 0 aliphatic carbocycles. The first-order valence-corrected chi connectivity index (χ1v) is 6.17. The van der Waals surface area contributed by atoms with Gasteiger partial charge < -0.3 is 26.0 Å². The molecule has 6 heteroatoms. The summed E-state index contributed by atoms with van der Waals surface area (Å²) in [5.41, 5.74) is 6.53. The number of aliphatic hydroxyl groups excluding tert-OH is 1. The number of nitrogens with zero attached hydrogens (tertiary/aromatic N) is 1. The Balaban J connectivity index is 1.91. The van der Waals surface area contributed by atoms with Crippen molar-refractivity contribution in [3.05, 3.63) is 23.8 Å². The Morgan fingerprint density at radius 3 is 2.63 bits per heavy atom. The van der Waals surface area contributed by atoms with Crippen molar-refractivity contribution in [1.29, 1.82) is 0 Å². The van der Waals surface area contributed by atoms with Gasteiger partial charge in [0.25, 0.3) is 0 Å². The van der Waals surface area contributed by atoms with Crippen molar-refractivity contribution < 1.29 is 20.1 Å². The molecule has 1 aromatic carbocycles. The Labute approximate surface area is 111 Å². The molecule has 0 spiro atoms. The van der Waals surface area contributed by atoms with E-state index < -0.39 is 6.04 Å². The van der Waals surface area contributed by atoms with Crippen molar-refractivity contribution >= 4 is 5.91 Å². The van der Waals surface area contributed by atoms with E-state index in [1.165, 1.54) is 12.1 Å². The van der Waals surface area contributed by atoms with Crippen LogP contribution in [-0.2, 0) is 11.2 Å². The van der Waals surface area contributed by atoms with Crippen molar-refractivity contribution in [2.75, 3.05) is 19.7 Å². The predicted octanol–water partition coefficient (Wildman–Crippen LogP) is -0.582. The molecule has 104 valence electrons. The molecule has 1 saturated heterocycles. The second kappa shape index (κ2) is 5.46. The van der Waals surface area contributed by atoms with Gasteiger partial charge in [-0.2, -0.15) is 0 Å². The van der Waals surface area contributed by atoms with E-state index >= 15 is 0 Å². The number of nitrogens with two attached hydrogens (primary N) is 1. The Kier molecular flexibility index (Phi) is 3.92. The third-order valence-electron chi connectivity index (χ3n) is 3.34. The fourth-order valence-electron chi connectivity index (χ4n) is 2.14. The first-order chi connectivity index (χ1) is 9.01. The van der Waals surface area contributed by atoms with Crippen LogP contribution in [0.2, 0.25) is 0 Å². The van der Waals surface area contributed by atoms with Gasteiger partial charge in [-0.25, -0.2) is 0 Å². The molecule has 2 rings (SSSR count). The number of aliphatic hydroxyl groups is 1. The highest BCUT2D eigenvalue weighted by molar-refractivity contribution is 5.82. The van der Waals surface area contributed by atoms with E-state index in [-0.39, 0.29) is 29.9 Å². The molecule has 1 amide bonds. The molecule has 0 saturated carbocycles. The number of aromatic hydroxyl groups is 2. The maximum Gasteiger partial charge on any atom is 0.239 e. The number of carbonyl (C=O) groups excluding carboxylic acids is 1. The second-order valence-electron chi connectivity index (χ2n) is 4.93. The fraction of sp³-hybridized carbons (Fsp3) is 0.462. The van der Waals surface area contributed by atoms with Crippen molar-refractivity contribution in [3.63, 3.8) is 0 Å². The molecular formula is C13H18N2O4. The van der Waals surface area contributed by atoms with Crippen LogP contribution in [0.4, 0.5) is 0 Å². The Morgan fingerprint density at radius 2 is 2.05 bits per heavy atom. The van der Waals surface area contributed by atoms with Crippen molar-refractivity contribution in [1.82, 2.24) is 4.90 Å². The fourth-order valence-corrected chi connectivity index (χ4v) is 2.14. The van der Waals surface area contributed by atoms with Crippen LogP contribution >= 0.6 is 0 Å². The summed E-state index contributed by atoms with van der Waals surface area (Å²) in [4.78, 5) is 13.6. The van der Waals surface area contributed by atoms with Crippen LogP contribution in [0.3, 0.4) is 0 Å². The lowest BCUT2D eigenvalue weighted by Crippen LogP contribution is -2.56. The van der Waals surface area contributed by atoms with Gasteiger partial charge in [-0.1, -0.05) is 6.07 Å². The number of hydrogen-bond acceptors (Lipinski definition) is 5. The van der Waals surface area contributed by atoms with Crippen LogP contribution in [0.25, 0.3) is 0 Å². The van der Waals surface area contributed by atoms with Gasteiger partial charge in [-0.15, -0.1) is 0 Å².